The molecular weight excluding hydrogens is 304 g/mol. The summed E-state index contributed by atoms with van der Waals surface area (Å²) in [5, 5.41) is 3.00. The largest absolute Gasteiger partial charge is 0.494 e. The summed E-state index contributed by atoms with van der Waals surface area (Å²) in [6.07, 6.45) is 6.24. The third-order valence-electron chi connectivity index (χ3n) is 4.77. The molecule has 2 unspecified atom stereocenters. The molecule has 0 aliphatic carbocycles. The van der Waals surface area contributed by atoms with E-state index >= 15 is 0 Å². The van der Waals surface area contributed by atoms with E-state index in [9.17, 15) is 4.79 Å². The van der Waals surface area contributed by atoms with E-state index in [1.54, 1.807) is 6.33 Å². The van der Waals surface area contributed by atoms with Gasteiger partial charge in [-0.2, -0.15) is 0 Å². The molecule has 2 aliphatic heterocycles. The highest BCUT2D eigenvalue weighted by molar-refractivity contribution is 5.90. The number of ether oxygens (including phenoxy) is 1. The molecule has 1 aromatic carbocycles. The molecule has 3 heterocycles. The highest BCUT2D eigenvalue weighted by Gasteiger charge is 2.43. The van der Waals surface area contributed by atoms with E-state index in [-0.39, 0.29) is 18.1 Å². The van der Waals surface area contributed by atoms with Crippen molar-refractivity contribution in [1.29, 1.82) is 0 Å². The summed E-state index contributed by atoms with van der Waals surface area (Å²) in [4.78, 5) is 23.3. The number of rotatable bonds is 3. The Morgan fingerprint density at radius 1 is 1.33 bits per heavy atom. The number of hydrogen-bond donors (Lipinski definition) is 1. The van der Waals surface area contributed by atoms with E-state index < -0.39 is 0 Å². The van der Waals surface area contributed by atoms with E-state index in [1.807, 2.05) is 42.3 Å². The van der Waals surface area contributed by atoms with E-state index in [4.69, 9.17) is 4.74 Å². The Bertz CT molecular complexity index is 747. The molecule has 6 nitrogen and oxygen atoms in total. The van der Waals surface area contributed by atoms with Crippen LogP contribution in [0.1, 0.15) is 37.1 Å². The molecule has 1 aromatic heterocycles. The number of nitrogens with one attached hydrogen (secondary N) is 1. The lowest BCUT2D eigenvalue weighted by atomic mass is 10.00. The Hall–Kier alpha value is -2.63. The minimum absolute atomic E-state index is 0.0545. The molecule has 0 saturated carbocycles. The van der Waals surface area contributed by atoms with E-state index in [0.717, 1.165) is 42.0 Å². The Morgan fingerprint density at radius 3 is 2.96 bits per heavy atom. The molecule has 0 spiro atoms. The van der Waals surface area contributed by atoms with Gasteiger partial charge in [0.1, 0.15) is 12.1 Å². The molecule has 2 aliphatic rings. The molecule has 0 radical (unpaired) electrons. The lowest BCUT2D eigenvalue weighted by Crippen LogP contribution is -2.44. The van der Waals surface area contributed by atoms with Crippen LogP contribution in [0.3, 0.4) is 0 Å². The number of urea groups is 1. The zero-order valence-electron chi connectivity index (χ0n) is 13.6. The lowest BCUT2D eigenvalue weighted by Gasteiger charge is -2.35. The van der Waals surface area contributed by atoms with Crippen molar-refractivity contribution in [2.24, 2.45) is 0 Å². The Balaban J connectivity index is 1.51. The number of benzene rings is 1. The average molecular weight is 324 g/mol. The first-order chi connectivity index (χ1) is 11.8. The summed E-state index contributed by atoms with van der Waals surface area (Å²) in [5.74, 6) is 0.805. The van der Waals surface area contributed by atoms with Crippen LogP contribution in [0, 0.1) is 0 Å². The Morgan fingerprint density at radius 2 is 2.17 bits per heavy atom. The second-order valence-corrected chi connectivity index (χ2v) is 6.17. The summed E-state index contributed by atoms with van der Waals surface area (Å²) in [5.41, 5.74) is 2.95. The number of fused-ring (bicyclic) bond motifs is 4. The number of nitrogens with zero attached hydrogens (tertiary/aromatic N) is 3. The number of carbonyl (C=O) groups excluding carboxylic acids is 1. The van der Waals surface area contributed by atoms with Gasteiger partial charge < -0.3 is 15.0 Å². The lowest BCUT2D eigenvalue weighted by molar-refractivity contribution is 0.178. The SMILES string of the molecule is CCOc1ccc(NC(=O)N2C3CCC2c2cncnc2C3)cc1. The van der Waals surface area contributed by atoms with Gasteiger partial charge in [0.25, 0.3) is 0 Å². The van der Waals surface area contributed by atoms with Crippen molar-refractivity contribution in [2.45, 2.75) is 38.3 Å². The van der Waals surface area contributed by atoms with Crippen molar-refractivity contribution in [1.82, 2.24) is 14.9 Å². The van der Waals surface area contributed by atoms with Gasteiger partial charge in [0.05, 0.1) is 18.3 Å². The van der Waals surface area contributed by atoms with Crippen LogP contribution < -0.4 is 10.1 Å². The zero-order chi connectivity index (χ0) is 16.5. The fourth-order valence-corrected chi connectivity index (χ4v) is 3.72. The molecule has 2 aromatic rings. The molecule has 124 valence electrons. The van der Waals surface area contributed by atoms with Crippen molar-refractivity contribution >= 4 is 11.7 Å². The molecule has 24 heavy (non-hydrogen) atoms. The monoisotopic (exact) mass is 324 g/mol. The third kappa shape index (κ3) is 2.58. The molecule has 1 N–H and O–H groups in total. The van der Waals surface area contributed by atoms with Gasteiger partial charge in [-0.1, -0.05) is 0 Å². The molecule has 2 atom stereocenters. The predicted octanol–water partition coefficient (Wildman–Crippen LogP) is 3.17. The van der Waals surface area contributed by atoms with Crippen LogP contribution in [0.25, 0.3) is 0 Å². The van der Waals surface area contributed by atoms with Crippen molar-refractivity contribution in [3.05, 3.63) is 48.0 Å². The maximum absolute atomic E-state index is 12.8. The fraction of sp³-hybridized carbons (Fsp3) is 0.389. The van der Waals surface area contributed by atoms with Crippen molar-refractivity contribution in [3.63, 3.8) is 0 Å². The van der Waals surface area contributed by atoms with Crippen LogP contribution in [0.15, 0.2) is 36.8 Å². The van der Waals surface area contributed by atoms with Crippen LogP contribution in [0.4, 0.5) is 10.5 Å². The van der Waals surface area contributed by atoms with Crippen LogP contribution >= 0.6 is 0 Å². The van der Waals surface area contributed by atoms with E-state index in [0.29, 0.717) is 6.61 Å². The number of carbonyl (C=O) groups is 1. The van der Waals surface area contributed by atoms with Gasteiger partial charge in [0, 0.05) is 29.9 Å². The molecule has 4 rings (SSSR count). The van der Waals surface area contributed by atoms with Gasteiger partial charge >= 0.3 is 6.03 Å². The van der Waals surface area contributed by atoms with Crippen LogP contribution in [0.2, 0.25) is 0 Å². The first-order valence-electron chi connectivity index (χ1n) is 8.37. The van der Waals surface area contributed by atoms with Crippen molar-refractivity contribution in [2.75, 3.05) is 11.9 Å². The summed E-state index contributed by atoms with van der Waals surface area (Å²) < 4.78 is 5.43. The topological polar surface area (TPSA) is 67.3 Å². The van der Waals surface area contributed by atoms with Crippen molar-refractivity contribution in [3.8, 4) is 5.75 Å². The summed E-state index contributed by atoms with van der Waals surface area (Å²) in [7, 11) is 0. The van der Waals surface area contributed by atoms with Gasteiger partial charge in [0.2, 0.25) is 0 Å². The molecule has 2 bridgehead atoms. The van der Waals surface area contributed by atoms with Gasteiger partial charge in [-0.3, -0.25) is 0 Å². The minimum Gasteiger partial charge on any atom is -0.494 e. The first kappa shape index (κ1) is 14.9. The molecule has 1 saturated heterocycles. The highest BCUT2D eigenvalue weighted by atomic mass is 16.5. The molecule has 2 amide bonds. The van der Waals surface area contributed by atoms with Crippen LogP contribution in [0.5, 0.6) is 5.75 Å². The van der Waals surface area contributed by atoms with Gasteiger partial charge in [-0.15, -0.1) is 0 Å². The third-order valence-corrected chi connectivity index (χ3v) is 4.77. The molecule has 1 fully saturated rings. The van der Waals surface area contributed by atoms with Gasteiger partial charge in [0.15, 0.2) is 0 Å². The first-order valence-corrected chi connectivity index (χ1v) is 8.37. The van der Waals surface area contributed by atoms with E-state index in [1.165, 1.54) is 0 Å². The second-order valence-electron chi connectivity index (χ2n) is 6.17. The molecule has 6 heteroatoms. The van der Waals surface area contributed by atoms with Gasteiger partial charge in [-0.25, -0.2) is 14.8 Å². The zero-order valence-corrected chi connectivity index (χ0v) is 13.6. The fourth-order valence-electron chi connectivity index (χ4n) is 3.72. The number of amides is 2. The normalized spacial score (nSPS) is 21.3. The minimum atomic E-state index is -0.0545. The quantitative estimate of drug-likeness (QED) is 0.941. The number of hydrogen-bond acceptors (Lipinski definition) is 4. The number of anilines is 1. The molecular formula is C18H20N4O2. The Kier molecular flexibility index (Phi) is 3.80. The predicted molar refractivity (Wildman–Crippen MR) is 90.0 cm³/mol. The van der Waals surface area contributed by atoms with E-state index in [2.05, 4.69) is 15.3 Å². The highest BCUT2D eigenvalue weighted by Crippen LogP contribution is 2.42. The summed E-state index contributed by atoms with van der Waals surface area (Å²) in [6, 6.07) is 7.72. The van der Waals surface area contributed by atoms with Gasteiger partial charge in [-0.05, 0) is 44.0 Å². The second kappa shape index (κ2) is 6.11. The maximum Gasteiger partial charge on any atom is 0.322 e. The summed E-state index contributed by atoms with van der Waals surface area (Å²) in [6.45, 7) is 2.58. The number of aromatic nitrogens is 2. The standard InChI is InChI=1S/C18H20N4O2/c1-2-24-14-6-3-12(4-7-14)21-18(23)22-13-5-8-17(22)15-10-19-11-20-16(15)9-13/h3-4,6-7,10-11,13,17H,2,5,8-9H2,1H3,(H,21,23). The maximum atomic E-state index is 12.8. The average Bonchev–Trinajstić information content (AvgIpc) is 2.92. The smallest absolute Gasteiger partial charge is 0.322 e. The van der Waals surface area contributed by atoms with Crippen LogP contribution in [-0.2, 0) is 6.42 Å². The van der Waals surface area contributed by atoms with Crippen molar-refractivity contribution < 1.29 is 9.53 Å². The Labute approximate surface area is 140 Å². The summed E-state index contributed by atoms with van der Waals surface area (Å²) >= 11 is 0. The van der Waals surface area contributed by atoms with Crippen LogP contribution in [-0.4, -0.2) is 33.5 Å².